The molecule has 0 atom stereocenters. The van der Waals surface area contributed by atoms with Crippen LogP contribution in [0.3, 0.4) is 0 Å². The van der Waals surface area contributed by atoms with E-state index in [1.54, 1.807) is 11.0 Å². The van der Waals surface area contributed by atoms with Crippen molar-refractivity contribution in [3.8, 4) is 0 Å². The second-order valence-corrected chi connectivity index (χ2v) is 3.95. The molecule has 0 radical (unpaired) electrons. The highest BCUT2D eigenvalue weighted by molar-refractivity contribution is 5.96. The first kappa shape index (κ1) is 13.6. The Balaban J connectivity index is 1.79. The summed E-state index contributed by atoms with van der Waals surface area (Å²) < 4.78 is 6.09. The zero-order chi connectivity index (χ0) is 14.4. The molecule has 106 valence electrons. The van der Waals surface area contributed by atoms with Crippen LogP contribution in [0.15, 0.2) is 17.3 Å². The van der Waals surface area contributed by atoms with Crippen molar-refractivity contribution in [3.05, 3.63) is 12.7 Å². The summed E-state index contributed by atoms with van der Waals surface area (Å²) >= 11 is 0. The van der Waals surface area contributed by atoms with E-state index in [2.05, 4.69) is 35.7 Å². The molecule has 0 saturated heterocycles. The molecule has 0 aliphatic heterocycles. The van der Waals surface area contributed by atoms with Gasteiger partial charge in [0, 0.05) is 19.9 Å². The van der Waals surface area contributed by atoms with E-state index in [1.165, 1.54) is 13.3 Å². The maximum absolute atomic E-state index is 11.7. The van der Waals surface area contributed by atoms with E-state index < -0.39 is 0 Å². The molecule has 2 rings (SSSR count). The molecule has 0 unspecified atom stereocenters. The van der Waals surface area contributed by atoms with Crippen molar-refractivity contribution >= 4 is 23.5 Å². The molecule has 2 N–H and O–H groups in total. The zero-order valence-corrected chi connectivity index (χ0v) is 10.7. The Hall–Kier alpha value is -2.78. The van der Waals surface area contributed by atoms with Gasteiger partial charge in [-0.3, -0.25) is 14.3 Å². The summed E-state index contributed by atoms with van der Waals surface area (Å²) in [6.45, 7) is 1.90. The summed E-state index contributed by atoms with van der Waals surface area (Å²) in [5, 5.41) is 15.8. The number of nitrogens with zero attached hydrogens (tertiary/aromatic N) is 5. The van der Waals surface area contributed by atoms with Crippen molar-refractivity contribution in [3.63, 3.8) is 0 Å². The zero-order valence-electron chi connectivity index (χ0n) is 10.7. The Morgan fingerprint density at radius 3 is 2.70 bits per heavy atom. The summed E-state index contributed by atoms with van der Waals surface area (Å²) in [7, 11) is 0. The molecule has 20 heavy (non-hydrogen) atoms. The van der Waals surface area contributed by atoms with Gasteiger partial charge in [-0.15, -0.1) is 0 Å². The van der Waals surface area contributed by atoms with Crippen LogP contribution >= 0.6 is 0 Å². The van der Waals surface area contributed by atoms with E-state index in [4.69, 9.17) is 0 Å². The van der Waals surface area contributed by atoms with Crippen LogP contribution in [0.1, 0.15) is 19.8 Å². The maximum atomic E-state index is 11.7. The Bertz CT molecular complexity index is 577. The van der Waals surface area contributed by atoms with Crippen LogP contribution in [0.4, 0.5) is 11.6 Å². The summed E-state index contributed by atoms with van der Waals surface area (Å²) in [5.74, 6) is -0.414. The van der Waals surface area contributed by atoms with Crippen molar-refractivity contribution in [2.45, 2.75) is 26.3 Å². The van der Waals surface area contributed by atoms with E-state index >= 15 is 0 Å². The molecular formula is C10H13N7O3. The minimum absolute atomic E-state index is 0.0853. The van der Waals surface area contributed by atoms with Gasteiger partial charge < -0.3 is 10.6 Å². The number of hydrogen-bond acceptors (Lipinski definition) is 7. The second kappa shape index (κ2) is 6.41. The van der Waals surface area contributed by atoms with Crippen LogP contribution < -0.4 is 10.6 Å². The molecule has 2 aromatic heterocycles. The van der Waals surface area contributed by atoms with Crippen molar-refractivity contribution in [1.82, 2.24) is 25.1 Å². The van der Waals surface area contributed by atoms with E-state index in [0.717, 1.165) is 0 Å². The van der Waals surface area contributed by atoms with Gasteiger partial charge in [0.05, 0.1) is 0 Å². The molecule has 2 aromatic rings. The molecule has 10 nitrogen and oxygen atoms in total. The summed E-state index contributed by atoms with van der Waals surface area (Å²) in [5.41, 5.74) is 0. The van der Waals surface area contributed by atoms with Gasteiger partial charge in [-0.1, -0.05) is 0 Å². The lowest BCUT2D eigenvalue weighted by Gasteiger charge is -2.03. The predicted octanol–water partition coefficient (Wildman–Crippen LogP) is 0.0384. The molecule has 0 aliphatic carbocycles. The standard InChI is InChI=1S/C10H13N7O3/c1-7(18)13-9-10(16-20-15-9)14-8(19)3-2-4-17-6-11-5-12-17/h5-6H,2-4H2,1H3,(H,13,15,18)(H,14,16,19). The minimum atomic E-state index is -0.331. The average molecular weight is 279 g/mol. The molecular weight excluding hydrogens is 266 g/mol. The molecule has 0 fully saturated rings. The molecule has 10 heteroatoms. The highest BCUT2D eigenvalue weighted by Crippen LogP contribution is 2.15. The lowest BCUT2D eigenvalue weighted by molar-refractivity contribution is -0.116. The number of carbonyl (C=O) groups excluding carboxylic acids is 2. The third-order valence-corrected chi connectivity index (χ3v) is 2.30. The monoisotopic (exact) mass is 279 g/mol. The van der Waals surface area contributed by atoms with Crippen molar-refractivity contribution < 1.29 is 14.2 Å². The number of aryl methyl sites for hydroxylation is 1. The van der Waals surface area contributed by atoms with Crippen molar-refractivity contribution in [1.29, 1.82) is 0 Å². The highest BCUT2D eigenvalue weighted by Gasteiger charge is 2.13. The fourth-order valence-electron chi connectivity index (χ4n) is 1.46. The third kappa shape index (κ3) is 3.86. The average Bonchev–Trinajstić information content (AvgIpc) is 3.01. The van der Waals surface area contributed by atoms with Gasteiger partial charge in [0.15, 0.2) is 0 Å². The van der Waals surface area contributed by atoms with Gasteiger partial charge in [-0.05, 0) is 16.7 Å². The Kier molecular flexibility index (Phi) is 4.37. The molecule has 2 heterocycles. The van der Waals surface area contributed by atoms with Crippen LogP contribution in [-0.4, -0.2) is 36.9 Å². The topological polar surface area (TPSA) is 128 Å². The fourth-order valence-corrected chi connectivity index (χ4v) is 1.46. The summed E-state index contributed by atoms with van der Waals surface area (Å²) in [4.78, 5) is 26.4. The molecule has 0 aliphatic rings. The highest BCUT2D eigenvalue weighted by atomic mass is 16.6. The predicted molar refractivity (Wildman–Crippen MR) is 66.5 cm³/mol. The van der Waals surface area contributed by atoms with Gasteiger partial charge in [0.2, 0.25) is 23.5 Å². The Morgan fingerprint density at radius 1 is 1.30 bits per heavy atom. The molecule has 2 amide bonds. The first-order chi connectivity index (χ1) is 9.65. The van der Waals surface area contributed by atoms with Crippen LogP contribution in [0.25, 0.3) is 0 Å². The molecule has 0 saturated carbocycles. The third-order valence-electron chi connectivity index (χ3n) is 2.30. The maximum Gasteiger partial charge on any atom is 0.225 e. The Morgan fingerprint density at radius 2 is 2.05 bits per heavy atom. The van der Waals surface area contributed by atoms with E-state index in [1.807, 2.05) is 0 Å². The van der Waals surface area contributed by atoms with E-state index in [0.29, 0.717) is 13.0 Å². The van der Waals surface area contributed by atoms with Gasteiger partial charge in [0.1, 0.15) is 12.7 Å². The van der Waals surface area contributed by atoms with Gasteiger partial charge in [-0.25, -0.2) is 9.61 Å². The fraction of sp³-hybridized carbons (Fsp3) is 0.400. The largest absolute Gasteiger partial charge is 0.305 e. The molecule has 0 bridgehead atoms. The lowest BCUT2D eigenvalue weighted by atomic mass is 10.3. The molecule has 0 spiro atoms. The quantitative estimate of drug-likeness (QED) is 0.763. The molecule has 0 aromatic carbocycles. The van der Waals surface area contributed by atoms with Gasteiger partial charge >= 0.3 is 0 Å². The number of anilines is 2. The van der Waals surface area contributed by atoms with E-state index in [9.17, 15) is 9.59 Å². The second-order valence-electron chi connectivity index (χ2n) is 3.95. The van der Waals surface area contributed by atoms with E-state index in [-0.39, 0.29) is 29.9 Å². The van der Waals surface area contributed by atoms with Gasteiger partial charge in [-0.2, -0.15) is 5.10 Å². The number of aromatic nitrogens is 5. The lowest BCUT2D eigenvalue weighted by Crippen LogP contribution is -2.15. The van der Waals surface area contributed by atoms with Crippen molar-refractivity contribution in [2.75, 3.05) is 10.6 Å². The van der Waals surface area contributed by atoms with Crippen LogP contribution in [0, 0.1) is 0 Å². The number of nitrogens with one attached hydrogen (secondary N) is 2. The Labute approximate surface area is 113 Å². The van der Waals surface area contributed by atoms with Crippen LogP contribution in [0.2, 0.25) is 0 Å². The summed E-state index contributed by atoms with van der Waals surface area (Å²) in [6, 6.07) is 0. The first-order valence-electron chi connectivity index (χ1n) is 5.87. The van der Waals surface area contributed by atoms with Crippen molar-refractivity contribution in [2.24, 2.45) is 0 Å². The van der Waals surface area contributed by atoms with Crippen LogP contribution in [-0.2, 0) is 16.1 Å². The minimum Gasteiger partial charge on any atom is -0.305 e. The number of carbonyl (C=O) groups is 2. The number of rotatable bonds is 6. The van der Waals surface area contributed by atoms with Crippen LogP contribution in [0.5, 0.6) is 0 Å². The summed E-state index contributed by atoms with van der Waals surface area (Å²) in [6.07, 6.45) is 3.87. The number of amides is 2. The number of hydrogen-bond donors (Lipinski definition) is 2. The smallest absolute Gasteiger partial charge is 0.225 e. The SMILES string of the molecule is CC(=O)Nc1nonc1NC(=O)CCCn1cncn1. The normalized spacial score (nSPS) is 10.2. The first-order valence-corrected chi connectivity index (χ1v) is 5.87. The van der Waals surface area contributed by atoms with Gasteiger partial charge in [0.25, 0.3) is 0 Å².